The van der Waals surface area contributed by atoms with Gasteiger partial charge in [0.1, 0.15) is 5.60 Å². The zero-order chi connectivity index (χ0) is 15.1. The van der Waals surface area contributed by atoms with Gasteiger partial charge in [0.2, 0.25) is 5.91 Å². The second-order valence-electron chi connectivity index (χ2n) is 4.39. The molecule has 0 aromatic rings. The van der Waals surface area contributed by atoms with Crippen LogP contribution in [0.4, 0.5) is 0 Å². The van der Waals surface area contributed by atoms with Crippen molar-refractivity contribution in [3.8, 4) is 0 Å². The van der Waals surface area contributed by atoms with Crippen LogP contribution >= 0.6 is 0 Å². The molecular weight excluding hydrogens is 242 g/mol. The number of hydrogen-bond acceptors (Lipinski definition) is 3. The van der Waals surface area contributed by atoms with Gasteiger partial charge in [-0.25, -0.2) is 4.79 Å². The SMILES string of the molecule is C=CC(=O)NC(=C)/C=C\C(C)(CC)OC(=O)C(=C)C. The standard InChI is InChI=1S/C15H21NO3/c1-7-13(17)16-12(5)9-10-15(6,8-2)19-14(18)11(3)4/h7,9-10H,1,3,5,8H2,2,4,6H3,(H,16,17)/b10-9-. The minimum Gasteiger partial charge on any atom is -0.452 e. The Bertz CT molecular complexity index is 435. The van der Waals surface area contributed by atoms with Crippen molar-refractivity contribution in [2.45, 2.75) is 32.8 Å². The summed E-state index contributed by atoms with van der Waals surface area (Å²) in [6.45, 7) is 15.8. The lowest BCUT2D eigenvalue weighted by Crippen LogP contribution is -2.29. The zero-order valence-corrected chi connectivity index (χ0v) is 11.8. The molecule has 0 aliphatic heterocycles. The highest BCUT2D eigenvalue weighted by molar-refractivity contribution is 5.88. The van der Waals surface area contributed by atoms with Gasteiger partial charge in [0.25, 0.3) is 0 Å². The lowest BCUT2D eigenvalue weighted by atomic mass is 10.0. The fraction of sp³-hybridized carbons (Fsp3) is 0.333. The van der Waals surface area contributed by atoms with Gasteiger partial charge in [0.15, 0.2) is 0 Å². The van der Waals surface area contributed by atoms with Crippen LogP contribution in [-0.4, -0.2) is 17.5 Å². The van der Waals surface area contributed by atoms with Gasteiger partial charge < -0.3 is 10.1 Å². The van der Waals surface area contributed by atoms with E-state index in [1.54, 1.807) is 26.0 Å². The summed E-state index contributed by atoms with van der Waals surface area (Å²) in [4.78, 5) is 22.6. The third-order valence-corrected chi connectivity index (χ3v) is 2.48. The molecule has 0 rings (SSSR count). The maximum Gasteiger partial charge on any atom is 0.333 e. The first-order valence-electron chi connectivity index (χ1n) is 5.94. The fourth-order valence-electron chi connectivity index (χ4n) is 1.05. The molecule has 1 N–H and O–H groups in total. The summed E-state index contributed by atoms with van der Waals surface area (Å²) < 4.78 is 5.33. The van der Waals surface area contributed by atoms with Crippen LogP contribution in [0, 0.1) is 0 Å². The number of hydrogen-bond donors (Lipinski definition) is 1. The number of carbonyl (C=O) groups excluding carboxylic acids is 2. The molecule has 0 saturated heterocycles. The van der Waals surface area contributed by atoms with Crippen LogP contribution in [0.3, 0.4) is 0 Å². The zero-order valence-electron chi connectivity index (χ0n) is 11.8. The van der Waals surface area contributed by atoms with Crippen LogP contribution in [0.25, 0.3) is 0 Å². The highest BCUT2D eigenvalue weighted by Gasteiger charge is 2.23. The lowest BCUT2D eigenvalue weighted by Gasteiger charge is -2.25. The molecule has 0 aromatic heterocycles. The van der Waals surface area contributed by atoms with Gasteiger partial charge in [-0.1, -0.05) is 26.7 Å². The maximum absolute atomic E-state index is 11.5. The lowest BCUT2D eigenvalue weighted by molar-refractivity contribution is -0.149. The molecular formula is C15H21NO3. The van der Waals surface area contributed by atoms with Crippen LogP contribution in [-0.2, 0) is 14.3 Å². The molecule has 1 atom stereocenters. The van der Waals surface area contributed by atoms with Crippen molar-refractivity contribution in [2.24, 2.45) is 0 Å². The van der Waals surface area contributed by atoms with Crippen LogP contribution in [0.15, 0.2) is 49.2 Å². The average Bonchev–Trinajstić information content (AvgIpc) is 2.36. The number of ether oxygens (including phenoxy) is 1. The molecule has 0 bridgehead atoms. The van der Waals surface area contributed by atoms with E-state index in [4.69, 9.17) is 4.74 Å². The average molecular weight is 263 g/mol. The molecule has 0 heterocycles. The van der Waals surface area contributed by atoms with Gasteiger partial charge in [-0.05, 0) is 38.5 Å². The van der Waals surface area contributed by atoms with Gasteiger partial charge in [-0.2, -0.15) is 0 Å². The first-order valence-corrected chi connectivity index (χ1v) is 5.94. The Morgan fingerprint density at radius 3 is 2.37 bits per heavy atom. The van der Waals surface area contributed by atoms with Gasteiger partial charge in [0.05, 0.1) is 0 Å². The van der Waals surface area contributed by atoms with E-state index in [9.17, 15) is 9.59 Å². The normalized spacial score (nSPS) is 13.4. The van der Waals surface area contributed by atoms with Crippen LogP contribution < -0.4 is 5.32 Å². The fourth-order valence-corrected chi connectivity index (χ4v) is 1.05. The predicted molar refractivity (Wildman–Crippen MR) is 76.2 cm³/mol. The van der Waals surface area contributed by atoms with Gasteiger partial charge in [-0.3, -0.25) is 4.79 Å². The van der Waals surface area contributed by atoms with Crippen LogP contribution in [0.5, 0.6) is 0 Å². The topological polar surface area (TPSA) is 55.4 Å². The largest absolute Gasteiger partial charge is 0.452 e. The third-order valence-electron chi connectivity index (χ3n) is 2.48. The van der Waals surface area contributed by atoms with Crippen LogP contribution in [0.2, 0.25) is 0 Å². The molecule has 1 unspecified atom stereocenters. The van der Waals surface area contributed by atoms with Crippen molar-refractivity contribution in [2.75, 3.05) is 0 Å². The Kier molecular flexibility index (Phi) is 6.55. The third kappa shape index (κ3) is 6.41. The van der Waals surface area contributed by atoms with Gasteiger partial charge in [0, 0.05) is 11.3 Å². The van der Waals surface area contributed by atoms with Gasteiger partial charge >= 0.3 is 5.97 Å². The molecule has 4 nitrogen and oxygen atoms in total. The molecule has 0 spiro atoms. The first-order chi connectivity index (χ1) is 8.74. The minimum absolute atomic E-state index is 0.340. The number of amides is 1. The first kappa shape index (κ1) is 16.9. The molecule has 0 aliphatic rings. The summed E-state index contributed by atoms with van der Waals surface area (Å²) >= 11 is 0. The Labute approximate surface area is 114 Å². The van der Waals surface area contributed by atoms with E-state index in [-0.39, 0.29) is 5.91 Å². The van der Waals surface area contributed by atoms with Crippen molar-refractivity contribution in [3.05, 3.63) is 49.2 Å². The van der Waals surface area contributed by atoms with E-state index in [2.05, 4.69) is 25.1 Å². The molecule has 0 fully saturated rings. The number of rotatable bonds is 7. The van der Waals surface area contributed by atoms with E-state index < -0.39 is 11.6 Å². The molecule has 4 heteroatoms. The summed E-state index contributed by atoms with van der Waals surface area (Å²) in [5.74, 6) is -0.790. The minimum atomic E-state index is -0.766. The quantitative estimate of drug-likeness (QED) is 0.436. The highest BCUT2D eigenvalue weighted by Crippen LogP contribution is 2.19. The number of allylic oxidation sites excluding steroid dienone is 1. The van der Waals surface area contributed by atoms with E-state index in [1.165, 1.54) is 0 Å². The Morgan fingerprint density at radius 2 is 1.95 bits per heavy atom. The highest BCUT2D eigenvalue weighted by atomic mass is 16.6. The summed E-state index contributed by atoms with van der Waals surface area (Å²) in [7, 11) is 0. The Morgan fingerprint density at radius 1 is 1.37 bits per heavy atom. The number of esters is 1. The predicted octanol–water partition coefficient (Wildman–Crippen LogP) is 2.65. The molecule has 0 saturated carbocycles. The smallest absolute Gasteiger partial charge is 0.333 e. The van der Waals surface area contributed by atoms with Gasteiger partial charge in [-0.15, -0.1) is 0 Å². The Hall–Kier alpha value is -2.10. The number of carbonyl (C=O) groups is 2. The van der Waals surface area contributed by atoms with E-state index in [0.717, 1.165) is 6.08 Å². The molecule has 1 amide bonds. The molecule has 0 aromatic carbocycles. The molecule has 0 radical (unpaired) electrons. The summed E-state index contributed by atoms with van der Waals surface area (Å²) in [5, 5.41) is 2.51. The molecule has 104 valence electrons. The van der Waals surface area contributed by atoms with Crippen molar-refractivity contribution in [1.82, 2.24) is 5.32 Å². The summed E-state index contributed by atoms with van der Waals surface area (Å²) in [5.41, 5.74) is -0.0273. The molecule has 0 aliphatic carbocycles. The second-order valence-corrected chi connectivity index (χ2v) is 4.39. The van der Waals surface area contributed by atoms with Crippen molar-refractivity contribution in [1.29, 1.82) is 0 Å². The van der Waals surface area contributed by atoms with Crippen molar-refractivity contribution >= 4 is 11.9 Å². The number of nitrogens with one attached hydrogen (secondary N) is 1. The van der Waals surface area contributed by atoms with E-state index in [1.807, 2.05) is 6.92 Å². The second kappa shape index (κ2) is 7.36. The summed E-state index contributed by atoms with van der Waals surface area (Å²) in [6, 6.07) is 0. The summed E-state index contributed by atoms with van der Waals surface area (Å²) in [6.07, 6.45) is 5.01. The molecule has 19 heavy (non-hydrogen) atoms. The monoisotopic (exact) mass is 263 g/mol. The van der Waals surface area contributed by atoms with E-state index >= 15 is 0 Å². The Balaban J connectivity index is 4.73. The van der Waals surface area contributed by atoms with Crippen molar-refractivity contribution in [3.63, 3.8) is 0 Å². The van der Waals surface area contributed by atoms with E-state index in [0.29, 0.717) is 17.7 Å². The van der Waals surface area contributed by atoms with Crippen LogP contribution in [0.1, 0.15) is 27.2 Å². The maximum atomic E-state index is 11.5. The van der Waals surface area contributed by atoms with Crippen molar-refractivity contribution < 1.29 is 14.3 Å².